The van der Waals surface area contributed by atoms with Gasteiger partial charge in [0.1, 0.15) is 5.76 Å². The number of aryl methyl sites for hydroxylation is 2. The molecule has 5 heteroatoms. The van der Waals surface area contributed by atoms with E-state index in [1.807, 2.05) is 53.2 Å². The van der Waals surface area contributed by atoms with Gasteiger partial charge in [-0.1, -0.05) is 24.3 Å². The van der Waals surface area contributed by atoms with E-state index < -0.39 is 0 Å². The lowest BCUT2D eigenvalue weighted by molar-refractivity contribution is 0.0960. The van der Waals surface area contributed by atoms with Crippen molar-refractivity contribution in [3.05, 3.63) is 95.1 Å². The fraction of sp³-hybridized carbons (Fsp3) is 0.200. The molecular weight excluding hydrogens is 374 g/mol. The first-order chi connectivity index (χ1) is 14.6. The molecule has 150 valence electrons. The molecule has 1 atom stereocenters. The molecule has 0 saturated carbocycles. The number of carbonyl (C=O) groups is 1. The van der Waals surface area contributed by atoms with Gasteiger partial charge in [0.25, 0.3) is 0 Å². The second-order valence-electron chi connectivity index (χ2n) is 7.89. The molecule has 1 aliphatic carbocycles. The Morgan fingerprint density at radius 1 is 1.00 bits per heavy atom. The number of nitrogens with zero attached hydrogens (tertiary/aromatic N) is 2. The second kappa shape index (κ2) is 7.34. The van der Waals surface area contributed by atoms with Gasteiger partial charge >= 0.3 is 0 Å². The Hall–Kier alpha value is -3.60. The molecule has 5 rings (SSSR count). The summed E-state index contributed by atoms with van der Waals surface area (Å²) >= 11 is 0. The van der Waals surface area contributed by atoms with Gasteiger partial charge in [0.05, 0.1) is 23.2 Å². The summed E-state index contributed by atoms with van der Waals surface area (Å²) in [6, 6.07) is 20.0. The number of nitrogens with one attached hydrogen (secondary N) is 1. The molecule has 1 aliphatic rings. The zero-order valence-corrected chi connectivity index (χ0v) is 17.1. The van der Waals surface area contributed by atoms with E-state index in [1.54, 1.807) is 6.26 Å². The van der Waals surface area contributed by atoms with Crippen LogP contribution in [-0.2, 0) is 6.42 Å². The minimum absolute atomic E-state index is 0.0219. The molecule has 0 amide bonds. The van der Waals surface area contributed by atoms with Crippen LogP contribution in [0.3, 0.4) is 0 Å². The maximum Gasteiger partial charge on any atom is 0.169 e. The predicted molar refractivity (Wildman–Crippen MR) is 117 cm³/mol. The number of hydrogen-bond acceptors (Lipinski definition) is 4. The highest BCUT2D eigenvalue weighted by Crippen LogP contribution is 2.38. The van der Waals surface area contributed by atoms with Crippen molar-refractivity contribution in [2.75, 3.05) is 5.32 Å². The summed E-state index contributed by atoms with van der Waals surface area (Å²) in [5.41, 5.74) is 5.90. The predicted octanol–water partition coefficient (Wildman–Crippen LogP) is 5.74. The van der Waals surface area contributed by atoms with Gasteiger partial charge < -0.3 is 9.73 Å². The largest absolute Gasteiger partial charge is 0.469 e. The van der Waals surface area contributed by atoms with Crippen molar-refractivity contribution in [3.63, 3.8) is 0 Å². The molecule has 2 heterocycles. The third kappa shape index (κ3) is 3.22. The lowest BCUT2D eigenvalue weighted by atomic mass is 9.85. The molecular formula is C25H23N3O2. The monoisotopic (exact) mass is 397 g/mol. The Balaban J connectivity index is 1.61. The van der Waals surface area contributed by atoms with Crippen LogP contribution in [0.4, 0.5) is 11.5 Å². The number of carbonyl (C=O) groups excluding carboxylic acids is 1. The summed E-state index contributed by atoms with van der Waals surface area (Å²) in [6.45, 7) is 4.17. The summed E-state index contributed by atoms with van der Waals surface area (Å²) in [6.07, 6.45) is 2.78. The maximum atomic E-state index is 13.2. The average Bonchev–Trinajstić information content (AvgIpc) is 3.40. The number of rotatable bonds is 4. The van der Waals surface area contributed by atoms with E-state index in [1.165, 1.54) is 11.1 Å². The molecule has 4 aromatic rings. The van der Waals surface area contributed by atoms with Crippen LogP contribution < -0.4 is 5.32 Å². The summed E-state index contributed by atoms with van der Waals surface area (Å²) in [4.78, 5) is 13.2. The number of hydrogen-bond donors (Lipinski definition) is 1. The van der Waals surface area contributed by atoms with Crippen LogP contribution in [0.2, 0.25) is 0 Å². The van der Waals surface area contributed by atoms with E-state index in [4.69, 9.17) is 9.52 Å². The zero-order chi connectivity index (χ0) is 20.7. The highest BCUT2D eigenvalue weighted by Gasteiger charge is 2.34. The fourth-order valence-electron chi connectivity index (χ4n) is 4.12. The number of fused-ring (bicyclic) bond motifs is 1. The van der Waals surface area contributed by atoms with Crippen molar-refractivity contribution in [1.82, 2.24) is 9.78 Å². The van der Waals surface area contributed by atoms with Gasteiger partial charge in [0.15, 0.2) is 11.6 Å². The van der Waals surface area contributed by atoms with Crippen molar-refractivity contribution in [2.24, 2.45) is 0 Å². The Morgan fingerprint density at radius 3 is 2.57 bits per heavy atom. The summed E-state index contributed by atoms with van der Waals surface area (Å²) < 4.78 is 7.51. The Labute approximate surface area is 175 Å². The molecule has 5 nitrogen and oxygen atoms in total. The molecule has 0 fully saturated rings. The fourth-order valence-corrected chi connectivity index (χ4v) is 4.12. The van der Waals surface area contributed by atoms with Crippen molar-refractivity contribution in [3.8, 4) is 5.69 Å². The summed E-state index contributed by atoms with van der Waals surface area (Å²) in [7, 11) is 0. The second-order valence-corrected chi connectivity index (χ2v) is 7.89. The van der Waals surface area contributed by atoms with E-state index in [2.05, 4.69) is 31.3 Å². The van der Waals surface area contributed by atoms with E-state index in [9.17, 15) is 4.79 Å². The van der Waals surface area contributed by atoms with E-state index >= 15 is 0 Å². The van der Waals surface area contributed by atoms with Crippen LogP contribution in [0.5, 0.6) is 0 Å². The maximum absolute atomic E-state index is 13.2. The van der Waals surface area contributed by atoms with Crippen LogP contribution >= 0.6 is 0 Å². The van der Waals surface area contributed by atoms with Gasteiger partial charge in [-0.25, -0.2) is 4.68 Å². The number of aromatic nitrogens is 2. The number of ketones is 1. The molecule has 0 aliphatic heterocycles. The normalized spacial score (nSPS) is 15.8. The van der Waals surface area contributed by atoms with Crippen molar-refractivity contribution >= 4 is 17.3 Å². The van der Waals surface area contributed by atoms with Crippen LogP contribution in [0.25, 0.3) is 5.69 Å². The van der Waals surface area contributed by atoms with Gasteiger partial charge in [-0.3, -0.25) is 4.79 Å². The van der Waals surface area contributed by atoms with E-state index in [-0.39, 0.29) is 11.7 Å². The van der Waals surface area contributed by atoms with E-state index in [0.29, 0.717) is 24.2 Å². The molecule has 0 unspecified atom stereocenters. The number of anilines is 2. The standard InChI is InChI=1S/C25H23N3O2/c1-16-10-11-19(13-17(16)2)26-25-24-21(28(27-25)20-7-4-3-5-8-20)14-18(15-22(24)29)23-9-6-12-30-23/h3-13,18H,14-15H2,1-2H3,(H,26,27)/t18-/m0/s1. The van der Waals surface area contributed by atoms with Gasteiger partial charge in [-0.2, -0.15) is 0 Å². The highest BCUT2D eigenvalue weighted by molar-refractivity contribution is 6.03. The third-order valence-corrected chi connectivity index (χ3v) is 5.85. The minimum Gasteiger partial charge on any atom is -0.469 e. The van der Waals surface area contributed by atoms with Crippen LogP contribution in [-0.4, -0.2) is 15.6 Å². The first-order valence-corrected chi connectivity index (χ1v) is 10.2. The van der Waals surface area contributed by atoms with Crippen LogP contribution in [0.1, 0.15) is 45.3 Å². The number of para-hydroxylation sites is 1. The lowest BCUT2D eigenvalue weighted by Gasteiger charge is -2.21. The zero-order valence-electron chi connectivity index (χ0n) is 17.1. The first kappa shape index (κ1) is 18.4. The molecule has 0 saturated heterocycles. The molecule has 2 aromatic heterocycles. The molecule has 0 bridgehead atoms. The summed E-state index contributed by atoms with van der Waals surface area (Å²) in [5.74, 6) is 1.57. The van der Waals surface area contributed by atoms with Crippen molar-refractivity contribution in [2.45, 2.75) is 32.6 Å². The first-order valence-electron chi connectivity index (χ1n) is 10.2. The van der Waals surface area contributed by atoms with Gasteiger partial charge in [-0.05, 0) is 61.4 Å². The Morgan fingerprint density at radius 2 is 1.83 bits per heavy atom. The molecule has 0 spiro atoms. The van der Waals surface area contributed by atoms with Crippen LogP contribution in [0.15, 0.2) is 71.3 Å². The topological polar surface area (TPSA) is 60.1 Å². The molecule has 0 radical (unpaired) electrons. The smallest absolute Gasteiger partial charge is 0.169 e. The molecule has 30 heavy (non-hydrogen) atoms. The highest BCUT2D eigenvalue weighted by atomic mass is 16.3. The average molecular weight is 397 g/mol. The summed E-state index contributed by atoms with van der Waals surface area (Å²) in [5, 5.41) is 8.22. The molecule has 2 aromatic carbocycles. The lowest BCUT2D eigenvalue weighted by Crippen LogP contribution is -2.20. The van der Waals surface area contributed by atoms with Gasteiger partial charge in [-0.15, -0.1) is 5.10 Å². The number of furan rings is 1. The minimum atomic E-state index is 0.0219. The Kier molecular flexibility index (Phi) is 4.51. The number of Topliss-reactive ketones (excluding diaryl/α,β-unsaturated/α-hetero) is 1. The number of benzene rings is 2. The Bertz CT molecular complexity index is 1210. The third-order valence-electron chi connectivity index (χ3n) is 5.85. The quantitative estimate of drug-likeness (QED) is 0.477. The van der Waals surface area contributed by atoms with E-state index in [0.717, 1.165) is 22.8 Å². The SMILES string of the molecule is Cc1ccc(Nc2nn(-c3ccccc3)c3c2C(=O)C[C@@H](c2ccco2)C3)cc1C. The van der Waals surface area contributed by atoms with Crippen molar-refractivity contribution in [1.29, 1.82) is 0 Å². The van der Waals surface area contributed by atoms with Gasteiger partial charge in [0, 0.05) is 24.4 Å². The molecule has 1 N–H and O–H groups in total. The van der Waals surface area contributed by atoms with Crippen molar-refractivity contribution < 1.29 is 9.21 Å². The van der Waals surface area contributed by atoms with Gasteiger partial charge in [0.2, 0.25) is 0 Å². The van der Waals surface area contributed by atoms with Crippen LogP contribution in [0, 0.1) is 13.8 Å².